The van der Waals surface area contributed by atoms with Crippen molar-refractivity contribution in [1.82, 2.24) is 5.32 Å². The van der Waals surface area contributed by atoms with Crippen molar-refractivity contribution in [3.05, 3.63) is 0 Å². The van der Waals surface area contributed by atoms with Crippen LogP contribution in [-0.2, 0) is 10.8 Å². The fourth-order valence-electron chi connectivity index (χ4n) is 2.17. The van der Waals surface area contributed by atoms with E-state index >= 15 is 0 Å². The van der Waals surface area contributed by atoms with Gasteiger partial charge in [0, 0.05) is 27.8 Å². The third kappa shape index (κ3) is 4.64. The van der Waals surface area contributed by atoms with Gasteiger partial charge in [0.15, 0.2) is 0 Å². The van der Waals surface area contributed by atoms with Crippen LogP contribution < -0.4 is 5.32 Å². The first kappa shape index (κ1) is 13.2. The molecule has 1 saturated carbocycles. The third-order valence-electron chi connectivity index (χ3n) is 3.14. The van der Waals surface area contributed by atoms with Crippen LogP contribution >= 0.6 is 0 Å². The highest BCUT2D eigenvalue weighted by Gasteiger charge is 2.27. The molecule has 0 aromatic carbocycles. The normalized spacial score (nSPS) is 28.1. The molecule has 1 aliphatic carbocycles. The van der Waals surface area contributed by atoms with Crippen LogP contribution in [0.3, 0.4) is 0 Å². The van der Waals surface area contributed by atoms with Crippen molar-refractivity contribution in [2.24, 2.45) is 0 Å². The third-order valence-corrected chi connectivity index (χ3v) is 5.00. The van der Waals surface area contributed by atoms with E-state index in [-0.39, 0.29) is 0 Å². The molecule has 3 unspecified atom stereocenters. The van der Waals surface area contributed by atoms with E-state index in [0.29, 0.717) is 11.3 Å². The van der Waals surface area contributed by atoms with Gasteiger partial charge in [0.2, 0.25) is 0 Å². The molecule has 1 N–H and O–H groups in total. The molecule has 1 fully saturated rings. The second-order valence-corrected chi connectivity index (χ2v) is 6.36. The first-order valence-corrected chi connectivity index (χ1v) is 7.76. The zero-order chi connectivity index (χ0) is 11.1. The van der Waals surface area contributed by atoms with Gasteiger partial charge in [-0.25, -0.2) is 0 Å². The Morgan fingerprint density at radius 3 is 2.73 bits per heavy atom. The van der Waals surface area contributed by atoms with Crippen molar-refractivity contribution in [1.29, 1.82) is 0 Å². The van der Waals surface area contributed by atoms with Gasteiger partial charge in [0.1, 0.15) is 0 Å². The predicted molar refractivity (Wildman–Crippen MR) is 67.6 cm³/mol. The molecule has 3 heteroatoms. The Kier molecular flexibility index (Phi) is 6.50. The molecule has 0 aromatic rings. The number of unbranched alkanes of at least 4 members (excludes halogenated alkanes) is 1. The van der Waals surface area contributed by atoms with E-state index in [2.05, 4.69) is 19.2 Å². The summed E-state index contributed by atoms with van der Waals surface area (Å²) in [5.74, 6) is 0.918. The average molecular weight is 231 g/mol. The van der Waals surface area contributed by atoms with Gasteiger partial charge in [-0.15, -0.1) is 0 Å². The van der Waals surface area contributed by atoms with Gasteiger partial charge in [-0.1, -0.05) is 20.3 Å². The van der Waals surface area contributed by atoms with Gasteiger partial charge < -0.3 is 5.32 Å². The smallest absolute Gasteiger partial charge is 0.0363 e. The molecular formula is C12H25NOS. The topological polar surface area (TPSA) is 29.1 Å². The molecule has 0 heterocycles. The van der Waals surface area contributed by atoms with E-state index in [1.807, 2.05) is 0 Å². The van der Waals surface area contributed by atoms with Crippen molar-refractivity contribution in [2.45, 2.75) is 63.7 Å². The fourth-order valence-corrected chi connectivity index (χ4v) is 3.92. The lowest BCUT2D eigenvalue weighted by molar-refractivity contribution is 0.523. The second-order valence-electron chi connectivity index (χ2n) is 4.52. The molecule has 0 saturated heterocycles. The molecule has 1 rings (SSSR count). The lowest BCUT2D eigenvalue weighted by Gasteiger charge is -2.12. The van der Waals surface area contributed by atoms with E-state index < -0.39 is 10.8 Å². The van der Waals surface area contributed by atoms with Crippen LogP contribution in [0.4, 0.5) is 0 Å². The maximum Gasteiger partial charge on any atom is 0.0363 e. The maximum atomic E-state index is 11.9. The van der Waals surface area contributed by atoms with Gasteiger partial charge in [-0.3, -0.25) is 4.21 Å². The predicted octanol–water partition coefficient (Wildman–Crippen LogP) is 2.46. The van der Waals surface area contributed by atoms with Crippen LogP contribution in [0.1, 0.15) is 52.4 Å². The van der Waals surface area contributed by atoms with Crippen LogP contribution in [-0.4, -0.2) is 27.8 Å². The highest BCUT2D eigenvalue weighted by molar-refractivity contribution is 7.85. The number of hydrogen-bond donors (Lipinski definition) is 1. The number of nitrogens with one attached hydrogen (secondary N) is 1. The molecule has 3 atom stereocenters. The Balaban J connectivity index is 2.20. The monoisotopic (exact) mass is 231 g/mol. The molecule has 0 aromatic heterocycles. The van der Waals surface area contributed by atoms with Gasteiger partial charge in [-0.2, -0.15) is 0 Å². The van der Waals surface area contributed by atoms with Crippen molar-refractivity contribution >= 4 is 10.8 Å². The lowest BCUT2D eigenvalue weighted by atomic mass is 10.2. The van der Waals surface area contributed by atoms with E-state index in [4.69, 9.17) is 0 Å². The van der Waals surface area contributed by atoms with Gasteiger partial charge in [0.25, 0.3) is 0 Å². The SMILES string of the molecule is CCCCS(=O)C1CCC(NCCC)C1. The van der Waals surface area contributed by atoms with Crippen molar-refractivity contribution < 1.29 is 4.21 Å². The molecule has 0 bridgehead atoms. The van der Waals surface area contributed by atoms with Crippen LogP contribution in [0.25, 0.3) is 0 Å². The molecule has 1 aliphatic rings. The molecule has 15 heavy (non-hydrogen) atoms. The molecule has 0 radical (unpaired) electrons. The van der Waals surface area contributed by atoms with E-state index in [9.17, 15) is 4.21 Å². The zero-order valence-corrected chi connectivity index (χ0v) is 10.9. The number of hydrogen-bond acceptors (Lipinski definition) is 2. The van der Waals surface area contributed by atoms with E-state index in [0.717, 1.165) is 38.0 Å². The fraction of sp³-hybridized carbons (Fsp3) is 1.00. The molecule has 0 amide bonds. The maximum absolute atomic E-state index is 11.9. The first-order valence-electron chi connectivity index (χ1n) is 6.38. The number of rotatable bonds is 7. The highest BCUT2D eigenvalue weighted by Crippen LogP contribution is 2.24. The summed E-state index contributed by atoms with van der Waals surface area (Å²) in [6.07, 6.45) is 7.00. The minimum absolute atomic E-state index is 0.478. The minimum Gasteiger partial charge on any atom is -0.314 e. The Hall–Kier alpha value is 0.110. The summed E-state index contributed by atoms with van der Waals surface area (Å²) in [6.45, 7) is 5.47. The minimum atomic E-state index is -0.561. The van der Waals surface area contributed by atoms with E-state index in [1.54, 1.807) is 0 Å². The molecular weight excluding hydrogens is 206 g/mol. The Morgan fingerprint density at radius 2 is 2.07 bits per heavy atom. The van der Waals surface area contributed by atoms with Crippen LogP contribution in [0, 0.1) is 0 Å². The summed E-state index contributed by atoms with van der Waals surface area (Å²) in [5.41, 5.74) is 0. The standard InChI is InChI=1S/C12H25NOS/c1-3-5-9-15(14)12-7-6-11(10-12)13-8-4-2/h11-13H,3-10H2,1-2H3. The molecule has 90 valence electrons. The second kappa shape index (κ2) is 7.39. The lowest BCUT2D eigenvalue weighted by Crippen LogP contribution is -2.28. The summed E-state index contributed by atoms with van der Waals surface area (Å²) >= 11 is 0. The van der Waals surface area contributed by atoms with Gasteiger partial charge in [0.05, 0.1) is 0 Å². The Labute approximate surface area is 96.7 Å². The van der Waals surface area contributed by atoms with Gasteiger partial charge >= 0.3 is 0 Å². The van der Waals surface area contributed by atoms with Crippen LogP contribution in [0.15, 0.2) is 0 Å². The van der Waals surface area contributed by atoms with E-state index in [1.165, 1.54) is 12.8 Å². The Bertz CT molecular complexity index is 196. The van der Waals surface area contributed by atoms with Crippen LogP contribution in [0.5, 0.6) is 0 Å². The quantitative estimate of drug-likeness (QED) is 0.729. The van der Waals surface area contributed by atoms with Crippen molar-refractivity contribution in [3.8, 4) is 0 Å². The summed E-state index contributed by atoms with van der Waals surface area (Å²) < 4.78 is 11.9. The summed E-state index contributed by atoms with van der Waals surface area (Å²) in [6, 6.07) is 0.639. The molecule has 2 nitrogen and oxygen atoms in total. The molecule has 0 aliphatic heterocycles. The summed E-state index contributed by atoms with van der Waals surface area (Å²) in [7, 11) is -0.561. The van der Waals surface area contributed by atoms with Crippen molar-refractivity contribution in [2.75, 3.05) is 12.3 Å². The zero-order valence-electron chi connectivity index (χ0n) is 10.1. The Morgan fingerprint density at radius 1 is 1.27 bits per heavy atom. The highest BCUT2D eigenvalue weighted by atomic mass is 32.2. The summed E-state index contributed by atoms with van der Waals surface area (Å²) in [4.78, 5) is 0. The van der Waals surface area contributed by atoms with Crippen LogP contribution in [0.2, 0.25) is 0 Å². The van der Waals surface area contributed by atoms with Crippen molar-refractivity contribution in [3.63, 3.8) is 0 Å². The molecule has 0 spiro atoms. The largest absolute Gasteiger partial charge is 0.314 e. The summed E-state index contributed by atoms with van der Waals surface area (Å²) in [5, 5.41) is 4.02. The van der Waals surface area contributed by atoms with Gasteiger partial charge in [-0.05, 0) is 38.6 Å². The average Bonchev–Trinajstić information content (AvgIpc) is 2.71. The first-order chi connectivity index (χ1) is 7.27.